The molecule has 0 fully saturated rings. The molecule has 0 saturated carbocycles. The van der Waals surface area contributed by atoms with E-state index in [1.165, 1.54) is 0 Å². The molecule has 0 rings (SSSR count). The summed E-state index contributed by atoms with van der Waals surface area (Å²) in [4.78, 5) is -0.0348. The summed E-state index contributed by atoms with van der Waals surface area (Å²) in [6.07, 6.45) is 2.73. The molecule has 13 heavy (non-hydrogen) atoms. The second-order valence-electron chi connectivity index (χ2n) is 2.47. The largest absolute Gasteiger partial charge is 0.343 e. The zero-order valence-corrected chi connectivity index (χ0v) is 10.5. The SMILES string of the molecule is CCOP(=O)(OCC)C(CC)SC. The Bertz CT molecular complexity index is 161. The van der Waals surface area contributed by atoms with Gasteiger partial charge in [-0.2, -0.15) is 0 Å². The molecule has 1 unspecified atom stereocenters. The lowest BCUT2D eigenvalue weighted by atomic mass is 10.6. The third-order valence-electron chi connectivity index (χ3n) is 1.59. The molecule has 0 spiro atoms. The fraction of sp³-hybridized carbons (Fsp3) is 1.00. The van der Waals surface area contributed by atoms with Crippen molar-refractivity contribution in [2.24, 2.45) is 0 Å². The first-order valence-electron chi connectivity index (χ1n) is 4.56. The average molecular weight is 226 g/mol. The standard InChI is InChI=1S/C8H19O3PS/c1-5-8(13-4)12(9,10-6-2)11-7-3/h8H,5-7H2,1-4H3. The minimum Gasteiger partial charge on any atom is -0.308 e. The van der Waals surface area contributed by atoms with Gasteiger partial charge >= 0.3 is 7.60 Å². The van der Waals surface area contributed by atoms with Crippen LogP contribution in [-0.2, 0) is 13.6 Å². The summed E-state index contributed by atoms with van der Waals surface area (Å²) < 4.78 is 22.6. The van der Waals surface area contributed by atoms with Crippen molar-refractivity contribution in [3.63, 3.8) is 0 Å². The molecule has 0 aliphatic heterocycles. The topological polar surface area (TPSA) is 35.5 Å². The number of hydrogen-bond donors (Lipinski definition) is 0. The van der Waals surface area contributed by atoms with Gasteiger partial charge in [-0.05, 0) is 26.5 Å². The van der Waals surface area contributed by atoms with Crippen LogP contribution in [0.15, 0.2) is 0 Å². The Morgan fingerprint density at radius 3 is 1.92 bits per heavy atom. The fourth-order valence-electron chi connectivity index (χ4n) is 1.08. The number of thioether (sulfide) groups is 1. The molecule has 1 atom stereocenters. The minimum atomic E-state index is -2.87. The van der Waals surface area contributed by atoms with Gasteiger partial charge in [-0.1, -0.05) is 6.92 Å². The molecule has 0 amide bonds. The van der Waals surface area contributed by atoms with Gasteiger partial charge in [0.25, 0.3) is 0 Å². The van der Waals surface area contributed by atoms with Crippen molar-refractivity contribution >= 4 is 19.4 Å². The van der Waals surface area contributed by atoms with Crippen LogP contribution in [0, 0.1) is 0 Å². The molecule has 3 nitrogen and oxygen atoms in total. The first-order valence-corrected chi connectivity index (χ1v) is 7.46. The fourth-order valence-corrected chi connectivity index (χ4v) is 4.39. The van der Waals surface area contributed by atoms with Crippen LogP contribution < -0.4 is 0 Å². The molecule has 0 aromatic rings. The van der Waals surface area contributed by atoms with Crippen molar-refractivity contribution in [2.75, 3.05) is 19.5 Å². The molecule has 0 aliphatic carbocycles. The average Bonchev–Trinajstić information content (AvgIpc) is 2.07. The van der Waals surface area contributed by atoms with Gasteiger partial charge in [-0.25, -0.2) is 0 Å². The Morgan fingerprint density at radius 2 is 1.69 bits per heavy atom. The maximum atomic E-state index is 12.1. The van der Waals surface area contributed by atoms with Crippen LogP contribution >= 0.6 is 19.4 Å². The van der Waals surface area contributed by atoms with E-state index in [1.807, 2.05) is 27.0 Å². The third kappa shape index (κ3) is 4.03. The molecular weight excluding hydrogens is 207 g/mol. The second-order valence-corrected chi connectivity index (χ2v) is 6.08. The summed E-state index contributed by atoms with van der Waals surface area (Å²) >= 11 is 1.54. The van der Waals surface area contributed by atoms with Crippen molar-refractivity contribution in [3.05, 3.63) is 0 Å². The van der Waals surface area contributed by atoms with E-state index in [4.69, 9.17) is 9.05 Å². The van der Waals surface area contributed by atoms with E-state index in [0.717, 1.165) is 6.42 Å². The first-order chi connectivity index (χ1) is 6.14. The Morgan fingerprint density at radius 1 is 1.23 bits per heavy atom. The van der Waals surface area contributed by atoms with Gasteiger partial charge in [0.15, 0.2) is 0 Å². The van der Waals surface area contributed by atoms with Gasteiger partial charge in [-0.3, -0.25) is 4.57 Å². The molecule has 0 bridgehead atoms. The lowest BCUT2D eigenvalue weighted by Crippen LogP contribution is -2.08. The Kier molecular flexibility index (Phi) is 7.15. The lowest BCUT2D eigenvalue weighted by molar-refractivity contribution is 0.218. The van der Waals surface area contributed by atoms with E-state index in [0.29, 0.717) is 13.2 Å². The van der Waals surface area contributed by atoms with E-state index in [1.54, 1.807) is 11.8 Å². The lowest BCUT2D eigenvalue weighted by Gasteiger charge is -2.23. The Hall–Kier alpha value is 0.500. The van der Waals surface area contributed by atoms with Crippen molar-refractivity contribution in [3.8, 4) is 0 Å². The summed E-state index contributed by atoms with van der Waals surface area (Å²) in [6, 6.07) is 0. The van der Waals surface area contributed by atoms with Crippen molar-refractivity contribution < 1.29 is 13.6 Å². The Labute approximate surface area is 85.1 Å². The van der Waals surface area contributed by atoms with E-state index in [9.17, 15) is 4.57 Å². The van der Waals surface area contributed by atoms with Crippen LogP contribution in [0.3, 0.4) is 0 Å². The van der Waals surface area contributed by atoms with Crippen LogP contribution in [0.25, 0.3) is 0 Å². The van der Waals surface area contributed by atoms with Crippen LogP contribution in [-0.4, -0.2) is 24.5 Å². The van der Waals surface area contributed by atoms with Crippen LogP contribution in [0.5, 0.6) is 0 Å². The van der Waals surface area contributed by atoms with Crippen molar-refractivity contribution in [1.29, 1.82) is 0 Å². The van der Waals surface area contributed by atoms with Crippen LogP contribution in [0.1, 0.15) is 27.2 Å². The highest BCUT2D eigenvalue weighted by atomic mass is 32.2. The molecule has 0 radical (unpaired) electrons. The van der Waals surface area contributed by atoms with Crippen LogP contribution in [0.2, 0.25) is 0 Å². The van der Waals surface area contributed by atoms with E-state index < -0.39 is 7.60 Å². The highest BCUT2D eigenvalue weighted by Crippen LogP contribution is 2.57. The van der Waals surface area contributed by atoms with Gasteiger partial charge in [-0.15, -0.1) is 11.8 Å². The summed E-state index contributed by atoms with van der Waals surface area (Å²) in [6.45, 7) is 6.53. The number of hydrogen-bond acceptors (Lipinski definition) is 4. The predicted molar refractivity (Wildman–Crippen MR) is 58.5 cm³/mol. The van der Waals surface area contributed by atoms with E-state index in [-0.39, 0.29) is 4.99 Å². The molecule has 5 heteroatoms. The van der Waals surface area contributed by atoms with Crippen LogP contribution in [0.4, 0.5) is 0 Å². The summed E-state index contributed by atoms with van der Waals surface area (Å²) in [5.74, 6) is 0. The zero-order valence-electron chi connectivity index (χ0n) is 8.78. The maximum absolute atomic E-state index is 12.1. The van der Waals surface area contributed by atoms with E-state index in [2.05, 4.69) is 0 Å². The summed E-state index contributed by atoms with van der Waals surface area (Å²) in [5, 5.41) is 0. The predicted octanol–water partition coefficient (Wildman–Crippen LogP) is 3.35. The molecule has 80 valence electrons. The number of rotatable bonds is 7. The molecule has 0 aromatic carbocycles. The second kappa shape index (κ2) is 6.88. The molecule has 0 N–H and O–H groups in total. The van der Waals surface area contributed by atoms with Gasteiger partial charge in [0.05, 0.1) is 13.2 Å². The van der Waals surface area contributed by atoms with Gasteiger partial charge < -0.3 is 9.05 Å². The smallest absolute Gasteiger partial charge is 0.308 e. The monoisotopic (exact) mass is 226 g/mol. The van der Waals surface area contributed by atoms with Gasteiger partial charge in [0.2, 0.25) is 0 Å². The molecular formula is C8H19O3PS. The molecule has 0 aromatic heterocycles. The van der Waals surface area contributed by atoms with Gasteiger partial charge in [0, 0.05) is 0 Å². The molecule has 0 saturated heterocycles. The van der Waals surface area contributed by atoms with E-state index >= 15 is 0 Å². The molecule has 0 aliphatic rings. The minimum absolute atomic E-state index is 0.0348. The maximum Gasteiger partial charge on any atom is 0.343 e. The quantitative estimate of drug-likeness (QED) is 0.624. The van der Waals surface area contributed by atoms with Crippen molar-refractivity contribution in [2.45, 2.75) is 32.2 Å². The van der Waals surface area contributed by atoms with Gasteiger partial charge in [0.1, 0.15) is 4.99 Å². The van der Waals surface area contributed by atoms with Crippen molar-refractivity contribution in [1.82, 2.24) is 0 Å². The zero-order chi connectivity index (χ0) is 10.3. The highest BCUT2D eigenvalue weighted by molar-refractivity contribution is 8.04. The molecule has 0 heterocycles. The summed E-state index contributed by atoms with van der Waals surface area (Å²) in [5.41, 5.74) is 0. The summed E-state index contributed by atoms with van der Waals surface area (Å²) in [7, 11) is -2.87. The third-order valence-corrected chi connectivity index (χ3v) is 6.18. The highest BCUT2D eigenvalue weighted by Gasteiger charge is 2.33. The normalized spacial score (nSPS) is 14.5. The Balaban J connectivity index is 4.44. The first kappa shape index (κ1) is 13.5.